The van der Waals surface area contributed by atoms with E-state index < -0.39 is 10.7 Å². The van der Waals surface area contributed by atoms with Crippen LogP contribution in [0.4, 0.5) is 15.9 Å². The third-order valence-electron chi connectivity index (χ3n) is 2.16. The molecule has 0 spiro atoms. The summed E-state index contributed by atoms with van der Waals surface area (Å²) < 4.78 is 18.8. The molecule has 0 aliphatic rings. The summed E-state index contributed by atoms with van der Waals surface area (Å²) in [6, 6.07) is 6.41. The Balaban J connectivity index is 2.39. The Kier molecular flexibility index (Phi) is 3.61. The van der Waals surface area contributed by atoms with Gasteiger partial charge in [0.05, 0.1) is 9.40 Å². The lowest BCUT2D eigenvalue weighted by Crippen LogP contribution is -1.99. The van der Waals surface area contributed by atoms with Crippen molar-refractivity contribution < 1.29 is 14.1 Å². The highest BCUT2D eigenvalue weighted by molar-refractivity contribution is 9.10. The lowest BCUT2D eigenvalue weighted by molar-refractivity contribution is -0.386. The summed E-state index contributed by atoms with van der Waals surface area (Å²) in [7, 11) is 0. The fraction of sp³-hybridized carbons (Fsp3) is 0. The van der Waals surface area contributed by atoms with Crippen molar-refractivity contribution in [3.63, 3.8) is 0 Å². The topological polar surface area (TPSA) is 91.3 Å². The predicted octanol–water partition coefficient (Wildman–Crippen LogP) is 3.27. The molecule has 8 heteroatoms. The van der Waals surface area contributed by atoms with Crippen molar-refractivity contribution in [3.05, 3.63) is 50.7 Å². The molecule has 0 amide bonds. The molecule has 0 bridgehead atoms. The first-order chi connectivity index (χ1) is 8.97. The standard InChI is InChI=1S/C11H7BrFN3O3/c12-7-2-1-6(5-8(7)13)19-11-9(16(17)18)3-4-10(14)15-11/h1-5H,(H2,14,15). The van der Waals surface area contributed by atoms with Gasteiger partial charge in [0.2, 0.25) is 0 Å². The van der Waals surface area contributed by atoms with Crippen LogP contribution in [-0.4, -0.2) is 9.91 Å². The molecule has 98 valence electrons. The molecule has 0 saturated heterocycles. The van der Waals surface area contributed by atoms with Crippen molar-refractivity contribution in [2.75, 3.05) is 5.73 Å². The van der Waals surface area contributed by atoms with Gasteiger partial charge in [0.15, 0.2) is 0 Å². The van der Waals surface area contributed by atoms with E-state index in [4.69, 9.17) is 10.5 Å². The van der Waals surface area contributed by atoms with E-state index in [1.165, 1.54) is 24.3 Å². The third kappa shape index (κ3) is 2.97. The molecule has 6 nitrogen and oxygen atoms in total. The van der Waals surface area contributed by atoms with Gasteiger partial charge >= 0.3 is 11.6 Å². The fourth-order valence-electron chi connectivity index (χ4n) is 1.31. The Hall–Kier alpha value is -2.22. The highest BCUT2D eigenvalue weighted by atomic mass is 79.9. The van der Waals surface area contributed by atoms with E-state index in [1.807, 2.05) is 0 Å². The molecule has 0 aliphatic carbocycles. The molecule has 0 radical (unpaired) electrons. The zero-order valence-electron chi connectivity index (χ0n) is 9.34. The van der Waals surface area contributed by atoms with Crippen LogP contribution in [0.5, 0.6) is 11.6 Å². The quantitative estimate of drug-likeness (QED) is 0.690. The number of nitrogen functional groups attached to an aromatic ring is 1. The molecule has 1 aromatic carbocycles. The Labute approximate surface area is 115 Å². The van der Waals surface area contributed by atoms with Crippen molar-refractivity contribution in [1.29, 1.82) is 0 Å². The van der Waals surface area contributed by atoms with Crippen molar-refractivity contribution in [2.45, 2.75) is 0 Å². The number of benzene rings is 1. The minimum Gasteiger partial charge on any atom is -0.434 e. The summed E-state index contributed by atoms with van der Waals surface area (Å²) in [5, 5.41) is 10.8. The number of nitrogens with two attached hydrogens (primary N) is 1. The molecule has 19 heavy (non-hydrogen) atoms. The Morgan fingerprint density at radius 2 is 2.11 bits per heavy atom. The normalized spacial score (nSPS) is 10.2. The smallest absolute Gasteiger partial charge is 0.331 e. The molecule has 2 N–H and O–H groups in total. The van der Waals surface area contributed by atoms with Gasteiger partial charge in [-0.05, 0) is 34.1 Å². The molecule has 0 atom stereocenters. The fourth-order valence-corrected chi connectivity index (χ4v) is 1.56. The second-order valence-electron chi connectivity index (χ2n) is 3.50. The van der Waals surface area contributed by atoms with Crippen LogP contribution in [-0.2, 0) is 0 Å². The number of nitrogens with zero attached hydrogens (tertiary/aromatic N) is 2. The summed E-state index contributed by atoms with van der Waals surface area (Å²) in [5.41, 5.74) is 5.09. The first-order valence-corrected chi connectivity index (χ1v) is 5.80. The summed E-state index contributed by atoms with van der Waals surface area (Å²) >= 11 is 2.99. The Bertz CT molecular complexity index is 651. The van der Waals surface area contributed by atoms with Crippen LogP contribution in [0.25, 0.3) is 0 Å². The molecule has 0 saturated carbocycles. The van der Waals surface area contributed by atoms with Gasteiger partial charge in [-0.3, -0.25) is 10.1 Å². The van der Waals surface area contributed by atoms with Crippen molar-refractivity contribution in [2.24, 2.45) is 0 Å². The molecule has 0 aliphatic heterocycles. The van der Waals surface area contributed by atoms with Gasteiger partial charge in [-0.15, -0.1) is 0 Å². The maximum atomic E-state index is 13.3. The molecular formula is C11H7BrFN3O3. The molecule has 0 unspecified atom stereocenters. The highest BCUT2D eigenvalue weighted by Crippen LogP contribution is 2.31. The lowest BCUT2D eigenvalue weighted by Gasteiger charge is -2.06. The number of ether oxygens (including phenoxy) is 1. The van der Waals surface area contributed by atoms with Crippen molar-refractivity contribution in [3.8, 4) is 11.6 Å². The number of pyridine rings is 1. The Morgan fingerprint density at radius 1 is 1.37 bits per heavy atom. The number of nitro groups is 1. The van der Waals surface area contributed by atoms with Gasteiger partial charge in [-0.2, -0.15) is 4.98 Å². The molecular weight excluding hydrogens is 321 g/mol. The van der Waals surface area contributed by atoms with Crippen LogP contribution in [0.2, 0.25) is 0 Å². The minimum absolute atomic E-state index is 0.0678. The van der Waals surface area contributed by atoms with Gasteiger partial charge in [0.1, 0.15) is 17.4 Å². The van der Waals surface area contributed by atoms with E-state index in [1.54, 1.807) is 0 Å². The van der Waals surface area contributed by atoms with Crippen molar-refractivity contribution in [1.82, 2.24) is 4.98 Å². The SMILES string of the molecule is Nc1ccc([N+](=O)[O-])c(Oc2ccc(Br)c(F)c2)n1. The van der Waals surface area contributed by atoms with Crippen LogP contribution in [0.3, 0.4) is 0 Å². The zero-order chi connectivity index (χ0) is 14.0. The summed E-state index contributed by atoms with van der Waals surface area (Å²) in [6.07, 6.45) is 0. The molecule has 0 fully saturated rings. The lowest BCUT2D eigenvalue weighted by atomic mass is 10.3. The van der Waals surface area contributed by atoms with Crippen LogP contribution in [0.1, 0.15) is 0 Å². The van der Waals surface area contributed by atoms with Gasteiger partial charge in [0.25, 0.3) is 0 Å². The van der Waals surface area contributed by atoms with E-state index in [0.29, 0.717) is 0 Å². The van der Waals surface area contributed by atoms with E-state index in [-0.39, 0.29) is 27.6 Å². The molecule has 1 aromatic heterocycles. The number of hydrogen-bond acceptors (Lipinski definition) is 5. The maximum Gasteiger partial charge on any atom is 0.331 e. The highest BCUT2D eigenvalue weighted by Gasteiger charge is 2.18. The van der Waals surface area contributed by atoms with Gasteiger partial charge in [-0.25, -0.2) is 4.39 Å². The maximum absolute atomic E-state index is 13.3. The Morgan fingerprint density at radius 3 is 2.74 bits per heavy atom. The van der Waals surface area contributed by atoms with Crippen LogP contribution in [0, 0.1) is 15.9 Å². The zero-order valence-corrected chi connectivity index (χ0v) is 10.9. The van der Waals surface area contributed by atoms with Gasteiger partial charge < -0.3 is 10.5 Å². The van der Waals surface area contributed by atoms with Gasteiger partial charge in [-0.1, -0.05) is 0 Å². The second kappa shape index (κ2) is 5.19. The second-order valence-corrected chi connectivity index (χ2v) is 4.35. The average Bonchev–Trinajstić information content (AvgIpc) is 2.33. The monoisotopic (exact) mass is 327 g/mol. The molecule has 2 rings (SSSR count). The molecule has 2 aromatic rings. The first-order valence-electron chi connectivity index (χ1n) is 5.01. The number of halogens is 2. The summed E-state index contributed by atoms with van der Waals surface area (Å²) in [6.45, 7) is 0. The first kappa shape index (κ1) is 13.2. The van der Waals surface area contributed by atoms with Gasteiger partial charge in [0, 0.05) is 12.1 Å². The van der Waals surface area contributed by atoms with E-state index in [9.17, 15) is 14.5 Å². The summed E-state index contributed by atoms with van der Waals surface area (Å²) in [5.74, 6) is -0.684. The number of anilines is 1. The van der Waals surface area contributed by atoms with E-state index in [2.05, 4.69) is 20.9 Å². The number of aromatic nitrogens is 1. The number of rotatable bonds is 3. The average molecular weight is 328 g/mol. The van der Waals surface area contributed by atoms with E-state index in [0.717, 1.165) is 6.07 Å². The summed E-state index contributed by atoms with van der Waals surface area (Å²) in [4.78, 5) is 13.9. The minimum atomic E-state index is -0.656. The largest absolute Gasteiger partial charge is 0.434 e. The third-order valence-corrected chi connectivity index (χ3v) is 2.81. The predicted molar refractivity (Wildman–Crippen MR) is 69.5 cm³/mol. The number of hydrogen-bond donors (Lipinski definition) is 1. The van der Waals surface area contributed by atoms with E-state index >= 15 is 0 Å². The molecule has 1 heterocycles. The van der Waals surface area contributed by atoms with Crippen LogP contribution >= 0.6 is 15.9 Å². The van der Waals surface area contributed by atoms with Crippen LogP contribution in [0.15, 0.2) is 34.8 Å². The van der Waals surface area contributed by atoms with Crippen LogP contribution < -0.4 is 10.5 Å². The van der Waals surface area contributed by atoms with Crippen molar-refractivity contribution >= 4 is 27.4 Å².